The van der Waals surface area contributed by atoms with Crippen molar-refractivity contribution >= 4 is 0 Å². The van der Waals surface area contributed by atoms with Crippen LogP contribution in [0.15, 0.2) is 12.4 Å². The van der Waals surface area contributed by atoms with Gasteiger partial charge in [0.1, 0.15) is 0 Å². The minimum Gasteiger partial charge on any atom is -0.390 e. The van der Waals surface area contributed by atoms with Crippen LogP contribution in [0, 0.1) is 0 Å². The largest absolute Gasteiger partial charge is 0.390 e. The number of aryl methyl sites for hydroxylation is 1. The third-order valence-corrected chi connectivity index (χ3v) is 3.42. The van der Waals surface area contributed by atoms with Crippen molar-refractivity contribution in [2.45, 2.75) is 51.7 Å². The van der Waals surface area contributed by atoms with E-state index in [1.54, 1.807) is 10.9 Å². The van der Waals surface area contributed by atoms with E-state index in [0.717, 1.165) is 18.4 Å². The van der Waals surface area contributed by atoms with Gasteiger partial charge >= 0.3 is 0 Å². The van der Waals surface area contributed by atoms with Crippen molar-refractivity contribution in [1.29, 1.82) is 0 Å². The zero-order valence-electron chi connectivity index (χ0n) is 11.3. The predicted molar refractivity (Wildman–Crippen MR) is 67.9 cm³/mol. The zero-order valence-corrected chi connectivity index (χ0v) is 11.3. The quantitative estimate of drug-likeness (QED) is 0.792. The first-order chi connectivity index (χ1) is 8.07. The number of ether oxygens (including phenoxy) is 1. The molecule has 0 fully saturated rings. The van der Waals surface area contributed by atoms with Crippen LogP contribution in [0.4, 0.5) is 0 Å². The van der Waals surface area contributed by atoms with Crippen LogP contribution in [0.2, 0.25) is 0 Å². The first-order valence-electron chi connectivity index (χ1n) is 6.37. The van der Waals surface area contributed by atoms with Gasteiger partial charge in [-0.1, -0.05) is 13.8 Å². The molecule has 0 aliphatic carbocycles. The fourth-order valence-corrected chi connectivity index (χ4v) is 2.30. The Morgan fingerprint density at radius 3 is 2.47 bits per heavy atom. The van der Waals surface area contributed by atoms with E-state index in [0.29, 0.717) is 13.0 Å². The Morgan fingerprint density at radius 2 is 2.06 bits per heavy atom. The highest BCUT2D eigenvalue weighted by molar-refractivity contribution is 5.07. The minimum absolute atomic E-state index is 0.426. The van der Waals surface area contributed by atoms with Crippen LogP contribution in [0.5, 0.6) is 0 Å². The molecular weight excluding hydrogens is 216 g/mol. The van der Waals surface area contributed by atoms with Gasteiger partial charge in [-0.15, -0.1) is 0 Å². The van der Waals surface area contributed by atoms with Crippen molar-refractivity contribution in [2.75, 3.05) is 6.61 Å². The number of aromatic nitrogens is 2. The molecule has 0 bridgehead atoms. The molecule has 0 radical (unpaired) electrons. The number of nitrogens with zero attached hydrogens (tertiary/aromatic N) is 2. The number of aliphatic hydroxyl groups excluding tert-OH is 1. The maximum absolute atomic E-state index is 10.4. The van der Waals surface area contributed by atoms with Crippen LogP contribution >= 0.6 is 0 Å². The van der Waals surface area contributed by atoms with Crippen LogP contribution in [0.1, 0.15) is 39.2 Å². The summed E-state index contributed by atoms with van der Waals surface area (Å²) in [5, 5.41) is 14.5. The maximum atomic E-state index is 10.4. The molecule has 1 aromatic heterocycles. The molecule has 1 rings (SSSR count). The molecule has 1 atom stereocenters. The number of rotatable bonds is 7. The van der Waals surface area contributed by atoms with Gasteiger partial charge in [-0.25, -0.2) is 0 Å². The molecule has 0 amide bonds. The Bertz CT molecular complexity index is 332. The van der Waals surface area contributed by atoms with Gasteiger partial charge in [0.15, 0.2) is 0 Å². The highest BCUT2D eigenvalue weighted by atomic mass is 16.5. The molecule has 4 heteroatoms. The van der Waals surface area contributed by atoms with E-state index in [1.165, 1.54) is 0 Å². The Hall–Kier alpha value is -0.870. The van der Waals surface area contributed by atoms with Gasteiger partial charge in [0.05, 0.1) is 17.9 Å². The highest BCUT2D eigenvalue weighted by Crippen LogP contribution is 2.27. The minimum atomic E-state index is -0.485. The van der Waals surface area contributed by atoms with E-state index >= 15 is 0 Å². The van der Waals surface area contributed by atoms with Crippen LogP contribution in [0.25, 0.3) is 0 Å². The van der Waals surface area contributed by atoms with Crippen LogP contribution in [0.3, 0.4) is 0 Å². The summed E-state index contributed by atoms with van der Waals surface area (Å²) < 4.78 is 7.54. The third-order valence-electron chi connectivity index (χ3n) is 3.42. The van der Waals surface area contributed by atoms with E-state index in [9.17, 15) is 5.11 Å². The van der Waals surface area contributed by atoms with E-state index in [-0.39, 0.29) is 0 Å². The Balaban J connectivity index is 2.74. The lowest BCUT2D eigenvalue weighted by molar-refractivity contribution is -0.124. The van der Waals surface area contributed by atoms with Crippen molar-refractivity contribution in [3.63, 3.8) is 0 Å². The molecule has 0 aliphatic rings. The fourth-order valence-electron chi connectivity index (χ4n) is 2.30. The number of hydrogen-bond donors (Lipinski definition) is 1. The van der Waals surface area contributed by atoms with E-state index in [1.807, 2.05) is 20.2 Å². The Morgan fingerprint density at radius 1 is 1.41 bits per heavy atom. The summed E-state index contributed by atoms with van der Waals surface area (Å²) in [7, 11) is 1.88. The average molecular weight is 240 g/mol. The van der Waals surface area contributed by atoms with Gasteiger partial charge in [-0.2, -0.15) is 5.10 Å². The van der Waals surface area contributed by atoms with Crippen LogP contribution in [-0.2, 0) is 18.2 Å². The van der Waals surface area contributed by atoms with Crippen LogP contribution in [-0.4, -0.2) is 33.2 Å². The lowest BCUT2D eigenvalue weighted by atomic mass is 9.87. The van der Waals surface area contributed by atoms with Crippen molar-refractivity contribution in [1.82, 2.24) is 9.78 Å². The summed E-state index contributed by atoms with van der Waals surface area (Å²) in [5.74, 6) is 0. The third kappa shape index (κ3) is 3.30. The molecular formula is C13H24N2O2. The van der Waals surface area contributed by atoms with E-state index in [2.05, 4.69) is 18.9 Å². The van der Waals surface area contributed by atoms with E-state index in [4.69, 9.17) is 4.74 Å². The first-order valence-corrected chi connectivity index (χ1v) is 6.37. The summed E-state index contributed by atoms with van der Waals surface area (Å²) in [6.45, 7) is 6.72. The topological polar surface area (TPSA) is 47.3 Å². The second kappa shape index (κ2) is 6.17. The summed E-state index contributed by atoms with van der Waals surface area (Å²) in [6, 6.07) is 0. The first kappa shape index (κ1) is 14.2. The normalized spacial score (nSPS) is 13.9. The summed E-state index contributed by atoms with van der Waals surface area (Å²) in [4.78, 5) is 0. The van der Waals surface area contributed by atoms with Crippen molar-refractivity contribution in [3.8, 4) is 0 Å². The molecule has 1 N–H and O–H groups in total. The molecule has 0 aromatic carbocycles. The fraction of sp³-hybridized carbons (Fsp3) is 0.769. The van der Waals surface area contributed by atoms with Crippen molar-refractivity contribution in [2.24, 2.45) is 7.05 Å². The lowest BCUT2D eigenvalue weighted by Gasteiger charge is -2.36. The molecule has 98 valence electrons. The van der Waals surface area contributed by atoms with Gasteiger partial charge in [-0.05, 0) is 25.3 Å². The molecule has 0 spiro atoms. The van der Waals surface area contributed by atoms with Crippen LogP contribution < -0.4 is 0 Å². The highest BCUT2D eigenvalue weighted by Gasteiger charge is 2.35. The average Bonchev–Trinajstić information content (AvgIpc) is 2.71. The Labute approximate surface area is 104 Å². The molecule has 1 aromatic rings. The monoisotopic (exact) mass is 240 g/mol. The van der Waals surface area contributed by atoms with Gasteiger partial charge in [0, 0.05) is 26.3 Å². The van der Waals surface area contributed by atoms with Gasteiger partial charge in [0.25, 0.3) is 0 Å². The molecule has 4 nitrogen and oxygen atoms in total. The number of hydrogen-bond acceptors (Lipinski definition) is 3. The van der Waals surface area contributed by atoms with Gasteiger partial charge in [0.2, 0.25) is 0 Å². The van der Waals surface area contributed by atoms with Crippen molar-refractivity contribution in [3.05, 3.63) is 18.0 Å². The molecule has 1 heterocycles. The molecule has 17 heavy (non-hydrogen) atoms. The standard InChI is InChI=1S/C13H24N2O2/c1-5-13(6-2,17-7-3)12(16)8-11-9-14-15(4)10-11/h9-10,12,16H,5-8H2,1-4H3. The lowest BCUT2D eigenvalue weighted by Crippen LogP contribution is -2.45. The molecule has 0 aliphatic heterocycles. The Kier molecular flexibility index (Phi) is 5.15. The smallest absolute Gasteiger partial charge is 0.0938 e. The zero-order chi connectivity index (χ0) is 12.9. The van der Waals surface area contributed by atoms with Gasteiger partial charge < -0.3 is 9.84 Å². The summed E-state index contributed by atoms with van der Waals surface area (Å²) in [5.41, 5.74) is 0.621. The second-order valence-corrected chi connectivity index (χ2v) is 4.45. The van der Waals surface area contributed by atoms with Gasteiger partial charge in [-0.3, -0.25) is 4.68 Å². The van der Waals surface area contributed by atoms with Crippen molar-refractivity contribution < 1.29 is 9.84 Å². The SMILES string of the molecule is CCOC(CC)(CC)C(O)Cc1cnn(C)c1. The number of aliphatic hydroxyl groups is 1. The maximum Gasteiger partial charge on any atom is 0.0938 e. The molecule has 0 saturated heterocycles. The molecule has 0 saturated carbocycles. The summed E-state index contributed by atoms with van der Waals surface area (Å²) in [6.07, 6.45) is 5.48. The van der Waals surface area contributed by atoms with E-state index < -0.39 is 11.7 Å². The predicted octanol–water partition coefficient (Wildman–Crippen LogP) is 1.92. The molecule has 1 unspecified atom stereocenters. The second-order valence-electron chi connectivity index (χ2n) is 4.45. The summed E-state index contributed by atoms with van der Waals surface area (Å²) >= 11 is 0.